The van der Waals surface area contributed by atoms with E-state index in [9.17, 15) is 22.0 Å². The fraction of sp³-hybridized carbons (Fsp3) is 0.348. The Hall–Kier alpha value is -2.98. The molecule has 0 unspecified atom stereocenters. The normalized spacial score (nSPS) is 15.1. The van der Waals surface area contributed by atoms with E-state index in [-0.39, 0.29) is 16.4 Å². The molecule has 10 heteroatoms. The number of ether oxygens (including phenoxy) is 2. The maximum absolute atomic E-state index is 12.9. The lowest BCUT2D eigenvalue weighted by atomic mass is 10.1. The van der Waals surface area contributed by atoms with E-state index in [2.05, 4.69) is 10.1 Å². The molecule has 7 nitrogen and oxygen atoms in total. The van der Waals surface area contributed by atoms with Gasteiger partial charge in [-0.05, 0) is 61.2 Å². The van der Waals surface area contributed by atoms with Gasteiger partial charge >= 0.3 is 6.61 Å². The smallest absolute Gasteiger partial charge is 0.387 e. The molecule has 1 aliphatic rings. The summed E-state index contributed by atoms with van der Waals surface area (Å²) in [5.41, 5.74) is 1.63. The summed E-state index contributed by atoms with van der Waals surface area (Å²) < 4.78 is 61.7. The Labute approximate surface area is 192 Å². The van der Waals surface area contributed by atoms with E-state index in [1.807, 2.05) is 0 Å². The third kappa shape index (κ3) is 6.29. The molecule has 1 N–H and O–H groups in total. The fourth-order valence-corrected chi connectivity index (χ4v) is 5.02. The Morgan fingerprint density at radius 3 is 2.48 bits per heavy atom. The summed E-state index contributed by atoms with van der Waals surface area (Å²) in [5, 5.41) is 2.70. The van der Waals surface area contributed by atoms with Crippen LogP contribution in [0.4, 0.5) is 14.5 Å². The first-order valence-corrected chi connectivity index (χ1v) is 11.9. The van der Waals surface area contributed by atoms with E-state index in [1.54, 1.807) is 19.1 Å². The van der Waals surface area contributed by atoms with Crippen LogP contribution >= 0.6 is 0 Å². The van der Waals surface area contributed by atoms with Crippen molar-refractivity contribution in [2.75, 3.05) is 25.5 Å². The number of benzene rings is 2. The molecular weight excluding hydrogens is 454 g/mol. The molecule has 0 atom stereocenters. The van der Waals surface area contributed by atoms with Gasteiger partial charge in [-0.25, -0.2) is 8.42 Å². The van der Waals surface area contributed by atoms with Crippen molar-refractivity contribution in [3.05, 3.63) is 53.6 Å². The maximum atomic E-state index is 12.9. The second-order valence-corrected chi connectivity index (χ2v) is 9.49. The number of hydrogen-bond acceptors (Lipinski definition) is 5. The Morgan fingerprint density at radius 1 is 1.09 bits per heavy atom. The number of carbonyl (C=O) groups excluding carboxylic acids is 1. The molecule has 3 rings (SSSR count). The van der Waals surface area contributed by atoms with Gasteiger partial charge in [0.15, 0.2) is 11.5 Å². The van der Waals surface area contributed by atoms with Crippen LogP contribution in [-0.4, -0.2) is 45.4 Å². The van der Waals surface area contributed by atoms with E-state index < -0.39 is 22.5 Å². The highest BCUT2D eigenvalue weighted by Gasteiger charge is 2.26. The van der Waals surface area contributed by atoms with Crippen LogP contribution in [0.5, 0.6) is 11.5 Å². The van der Waals surface area contributed by atoms with Crippen LogP contribution < -0.4 is 14.8 Å². The molecule has 1 saturated heterocycles. The summed E-state index contributed by atoms with van der Waals surface area (Å²) in [6.07, 6.45) is 5.42. The Kier molecular flexibility index (Phi) is 8.04. The highest BCUT2D eigenvalue weighted by molar-refractivity contribution is 7.89. The van der Waals surface area contributed by atoms with Crippen LogP contribution in [0.2, 0.25) is 0 Å². The third-order valence-electron chi connectivity index (χ3n) is 5.25. The van der Waals surface area contributed by atoms with E-state index >= 15 is 0 Å². The average molecular weight is 481 g/mol. The van der Waals surface area contributed by atoms with Gasteiger partial charge in [-0.15, -0.1) is 0 Å². The summed E-state index contributed by atoms with van der Waals surface area (Å²) >= 11 is 0. The van der Waals surface area contributed by atoms with Crippen LogP contribution in [-0.2, 0) is 14.8 Å². The fourth-order valence-electron chi connectivity index (χ4n) is 3.48. The predicted molar refractivity (Wildman–Crippen MR) is 121 cm³/mol. The van der Waals surface area contributed by atoms with Crippen LogP contribution in [0.3, 0.4) is 0 Å². The highest BCUT2D eigenvalue weighted by atomic mass is 32.2. The monoisotopic (exact) mass is 480 g/mol. The number of nitrogens with zero attached hydrogens (tertiary/aromatic N) is 1. The molecule has 2 aromatic rings. The van der Waals surface area contributed by atoms with Crippen LogP contribution in [0.25, 0.3) is 6.08 Å². The van der Waals surface area contributed by atoms with E-state index in [0.717, 1.165) is 19.3 Å². The summed E-state index contributed by atoms with van der Waals surface area (Å²) in [5.74, 6) is -0.488. The maximum Gasteiger partial charge on any atom is 0.387 e. The van der Waals surface area contributed by atoms with E-state index in [1.165, 1.54) is 47.8 Å². The molecule has 2 aromatic carbocycles. The number of nitrogens with one attached hydrogen (secondary N) is 1. The van der Waals surface area contributed by atoms with Crippen LogP contribution in [0, 0.1) is 6.92 Å². The molecule has 0 radical (unpaired) electrons. The molecule has 0 saturated carbocycles. The molecule has 1 amide bonds. The van der Waals surface area contributed by atoms with Gasteiger partial charge in [-0.3, -0.25) is 4.79 Å². The quantitative estimate of drug-likeness (QED) is 0.565. The van der Waals surface area contributed by atoms with Crippen molar-refractivity contribution in [2.24, 2.45) is 0 Å². The zero-order valence-electron chi connectivity index (χ0n) is 18.4. The van der Waals surface area contributed by atoms with Gasteiger partial charge in [0.2, 0.25) is 15.9 Å². The summed E-state index contributed by atoms with van der Waals surface area (Å²) in [4.78, 5) is 12.6. The molecule has 0 bridgehead atoms. The standard InChI is InChI=1S/C23H26F2N2O5S/c1-16-6-9-18(33(29,30)27-12-4-3-5-13-27)15-19(16)26-22(28)11-8-17-7-10-20(32-23(24)25)21(14-17)31-2/h6-11,14-15,23H,3-5,12-13H2,1-2H3,(H,26,28)/b11-8+. The first-order valence-electron chi connectivity index (χ1n) is 10.4. The molecule has 1 fully saturated rings. The zero-order chi connectivity index (χ0) is 24.0. The lowest BCUT2D eigenvalue weighted by Crippen LogP contribution is -2.35. The number of amides is 1. The number of rotatable bonds is 8. The summed E-state index contributed by atoms with van der Waals surface area (Å²) in [6.45, 7) is -0.233. The first-order chi connectivity index (χ1) is 15.7. The molecule has 1 heterocycles. The highest BCUT2D eigenvalue weighted by Crippen LogP contribution is 2.30. The molecule has 1 aliphatic heterocycles. The minimum atomic E-state index is -3.63. The van der Waals surface area contributed by atoms with Crippen molar-refractivity contribution in [3.8, 4) is 11.5 Å². The largest absolute Gasteiger partial charge is 0.493 e. The SMILES string of the molecule is COc1cc(/C=C/C(=O)Nc2cc(S(=O)(=O)N3CCCCC3)ccc2C)ccc1OC(F)F. The van der Waals surface area contributed by atoms with Gasteiger partial charge in [-0.1, -0.05) is 18.6 Å². The van der Waals surface area contributed by atoms with Gasteiger partial charge in [0, 0.05) is 24.9 Å². The minimum absolute atomic E-state index is 0.101. The van der Waals surface area contributed by atoms with Crippen molar-refractivity contribution in [3.63, 3.8) is 0 Å². The van der Waals surface area contributed by atoms with Crippen LogP contribution in [0.15, 0.2) is 47.4 Å². The van der Waals surface area contributed by atoms with Crippen molar-refractivity contribution < 1.29 is 31.5 Å². The molecule has 0 aliphatic carbocycles. The lowest BCUT2D eigenvalue weighted by molar-refractivity contribution is -0.111. The van der Waals surface area contributed by atoms with E-state index in [0.29, 0.717) is 29.9 Å². The topological polar surface area (TPSA) is 84.9 Å². The van der Waals surface area contributed by atoms with Crippen molar-refractivity contribution in [1.29, 1.82) is 0 Å². The number of alkyl halides is 2. The minimum Gasteiger partial charge on any atom is -0.493 e. The number of halogens is 2. The second kappa shape index (κ2) is 10.8. The molecule has 33 heavy (non-hydrogen) atoms. The van der Waals surface area contributed by atoms with Gasteiger partial charge in [0.05, 0.1) is 12.0 Å². The zero-order valence-corrected chi connectivity index (χ0v) is 19.2. The Bertz CT molecular complexity index is 1130. The van der Waals surface area contributed by atoms with Gasteiger partial charge in [0.25, 0.3) is 0 Å². The van der Waals surface area contributed by atoms with Crippen molar-refractivity contribution >= 4 is 27.7 Å². The molecule has 0 aromatic heterocycles. The third-order valence-corrected chi connectivity index (χ3v) is 7.15. The number of hydrogen-bond donors (Lipinski definition) is 1. The number of aryl methyl sites for hydroxylation is 1. The predicted octanol–water partition coefficient (Wildman–Crippen LogP) is 4.43. The molecular formula is C23H26F2N2O5S. The van der Waals surface area contributed by atoms with Gasteiger partial charge in [0.1, 0.15) is 0 Å². The molecule has 178 valence electrons. The number of carbonyl (C=O) groups is 1. The number of methoxy groups -OCH3 is 1. The number of sulfonamides is 1. The Balaban J connectivity index is 1.74. The second-order valence-electron chi connectivity index (χ2n) is 7.55. The number of piperidine rings is 1. The first kappa shape index (κ1) is 24.7. The van der Waals surface area contributed by atoms with E-state index in [4.69, 9.17) is 4.74 Å². The van der Waals surface area contributed by atoms with Gasteiger partial charge in [-0.2, -0.15) is 13.1 Å². The van der Waals surface area contributed by atoms with Crippen molar-refractivity contribution in [2.45, 2.75) is 37.7 Å². The Morgan fingerprint density at radius 2 is 1.82 bits per heavy atom. The molecule has 0 spiro atoms. The number of anilines is 1. The average Bonchev–Trinajstić information content (AvgIpc) is 2.80. The summed E-state index contributed by atoms with van der Waals surface area (Å²) in [7, 11) is -2.31. The lowest BCUT2D eigenvalue weighted by Gasteiger charge is -2.26. The van der Waals surface area contributed by atoms with Crippen LogP contribution in [0.1, 0.15) is 30.4 Å². The van der Waals surface area contributed by atoms with Gasteiger partial charge < -0.3 is 14.8 Å². The van der Waals surface area contributed by atoms with Crippen molar-refractivity contribution in [1.82, 2.24) is 4.31 Å². The summed E-state index contributed by atoms with van der Waals surface area (Å²) in [6, 6.07) is 8.94.